The number of carbonyl (C=O) groups is 1. The van der Waals surface area contributed by atoms with Crippen LogP contribution in [-0.2, 0) is 9.53 Å². The van der Waals surface area contributed by atoms with Gasteiger partial charge in [-0.2, -0.15) is 0 Å². The minimum Gasteiger partial charge on any atom is -0.394 e. The molecular formula is C14H21N3O4. The van der Waals surface area contributed by atoms with Crippen molar-refractivity contribution >= 4 is 12.0 Å². The molecule has 0 bridgehead atoms. The number of rotatable bonds is 6. The second kappa shape index (κ2) is 7.35. The average Bonchev–Trinajstić information content (AvgIpc) is 3.09. The smallest absolute Gasteiger partial charge is 0.244 e. The molecule has 0 aromatic carbocycles. The van der Waals surface area contributed by atoms with Crippen molar-refractivity contribution in [2.75, 3.05) is 13.2 Å². The molecule has 0 spiro atoms. The summed E-state index contributed by atoms with van der Waals surface area (Å²) >= 11 is 0. The fourth-order valence-corrected chi connectivity index (χ4v) is 2.13. The van der Waals surface area contributed by atoms with Gasteiger partial charge < -0.3 is 24.8 Å². The number of carbonyl (C=O) groups excluding carboxylic acids is 1. The Morgan fingerprint density at radius 1 is 1.67 bits per heavy atom. The third-order valence-corrected chi connectivity index (χ3v) is 3.29. The third kappa shape index (κ3) is 4.13. The minimum absolute atomic E-state index is 0.153. The number of imidazole rings is 1. The van der Waals surface area contributed by atoms with Gasteiger partial charge >= 0.3 is 0 Å². The molecule has 2 heterocycles. The van der Waals surface area contributed by atoms with Gasteiger partial charge in [-0.1, -0.05) is 6.92 Å². The molecule has 1 aliphatic heterocycles. The molecule has 2 rings (SSSR count). The zero-order chi connectivity index (χ0) is 15.2. The molecule has 1 aromatic rings. The van der Waals surface area contributed by atoms with E-state index in [4.69, 9.17) is 9.84 Å². The van der Waals surface area contributed by atoms with Crippen molar-refractivity contribution in [2.45, 2.75) is 38.2 Å². The molecule has 3 N–H and O–H groups in total. The molecule has 1 aliphatic rings. The summed E-state index contributed by atoms with van der Waals surface area (Å²) in [4.78, 5) is 15.6. The summed E-state index contributed by atoms with van der Waals surface area (Å²) in [7, 11) is 0. The van der Waals surface area contributed by atoms with Gasteiger partial charge in [0.05, 0.1) is 24.7 Å². The van der Waals surface area contributed by atoms with E-state index < -0.39 is 12.2 Å². The van der Waals surface area contributed by atoms with Gasteiger partial charge in [-0.05, 0) is 12.5 Å². The van der Waals surface area contributed by atoms with Gasteiger partial charge in [0.25, 0.3) is 0 Å². The van der Waals surface area contributed by atoms with Crippen molar-refractivity contribution in [3.8, 4) is 0 Å². The van der Waals surface area contributed by atoms with Crippen LogP contribution in [0, 0.1) is 0 Å². The summed E-state index contributed by atoms with van der Waals surface area (Å²) in [5.74, 6) is -0.153. The minimum atomic E-state index is -0.679. The molecule has 1 amide bonds. The van der Waals surface area contributed by atoms with Crippen LogP contribution in [0.1, 0.15) is 31.7 Å². The van der Waals surface area contributed by atoms with Gasteiger partial charge in [0.1, 0.15) is 12.3 Å². The molecule has 3 atom stereocenters. The number of nitrogens with one attached hydrogen (secondary N) is 1. The lowest BCUT2D eigenvalue weighted by Crippen LogP contribution is -2.24. The SMILES string of the molecule is CCCNC(=O)/C=C/c1cn([C@H]2C[C@H](O)[C@@H](CO)O2)cn1. The Bertz CT molecular complexity index is 500. The van der Waals surface area contributed by atoms with E-state index in [0.717, 1.165) is 6.42 Å². The number of ether oxygens (including phenoxy) is 1. The summed E-state index contributed by atoms with van der Waals surface area (Å²) < 4.78 is 7.25. The molecule has 21 heavy (non-hydrogen) atoms. The van der Waals surface area contributed by atoms with Crippen LogP contribution >= 0.6 is 0 Å². The van der Waals surface area contributed by atoms with Gasteiger partial charge in [-0.3, -0.25) is 4.79 Å². The molecule has 1 fully saturated rings. The van der Waals surface area contributed by atoms with Crippen LogP contribution < -0.4 is 5.32 Å². The van der Waals surface area contributed by atoms with E-state index in [9.17, 15) is 9.90 Å². The van der Waals surface area contributed by atoms with Crippen LogP contribution in [0.15, 0.2) is 18.6 Å². The molecule has 7 heteroatoms. The summed E-state index contributed by atoms with van der Waals surface area (Å²) in [5, 5.41) is 21.5. The van der Waals surface area contributed by atoms with E-state index in [2.05, 4.69) is 10.3 Å². The van der Waals surface area contributed by atoms with Gasteiger partial charge in [0.15, 0.2) is 0 Å². The third-order valence-electron chi connectivity index (χ3n) is 3.29. The zero-order valence-electron chi connectivity index (χ0n) is 12.0. The van der Waals surface area contributed by atoms with E-state index in [1.807, 2.05) is 6.92 Å². The standard InChI is InChI=1S/C14H21N3O4/c1-2-5-15-13(20)4-3-10-7-17(9-16-10)14-6-11(19)12(8-18)21-14/h3-4,7,9,11-12,14,18-19H,2,5-6,8H2,1H3,(H,15,20)/b4-3+/t11-,12+,14+/m0/s1. The first-order valence-electron chi connectivity index (χ1n) is 7.07. The molecule has 0 radical (unpaired) electrons. The molecule has 7 nitrogen and oxygen atoms in total. The lowest BCUT2D eigenvalue weighted by atomic mass is 10.2. The fraction of sp³-hybridized carbons (Fsp3) is 0.571. The van der Waals surface area contributed by atoms with Gasteiger partial charge in [0, 0.05) is 25.2 Å². The van der Waals surface area contributed by atoms with E-state index in [1.54, 1.807) is 23.2 Å². The molecule has 1 aromatic heterocycles. The van der Waals surface area contributed by atoms with Crippen molar-refractivity contribution in [1.82, 2.24) is 14.9 Å². The van der Waals surface area contributed by atoms with Crippen LogP contribution in [0.5, 0.6) is 0 Å². The van der Waals surface area contributed by atoms with Crippen LogP contribution in [0.4, 0.5) is 0 Å². The first-order chi connectivity index (χ1) is 10.1. The van der Waals surface area contributed by atoms with Gasteiger partial charge in [0.2, 0.25) is 5.91 Å². The van der Waals surface area contributed by atoms with Gasteiger partial charge in [-0.25, -0.2) is 4.98 Å². The molecule has 0 saturated carbocycles. The first-order valence-corrected chi connectivity index (χ1v) is 7.07. The fourth-order valence-electron chi connectivity index (χ4n) is 2.13. The highest BCUT2D eigenvalue weighted by atomic mass is 16.5. The van der Waals surface area contributed by atoms with Crippen molar-refractivity contribution < 1.29 is 19.7 Å². The lowest BCUT2D eigenvalue weighted by molar-refractivity contribution is -0.116. The molecule has 0 aliphatic carbocycles. The van der Waals surface area contributed by atoms with Crippen LogP contribution in [0.2, 0.25) is 0 Å². The Hall–Kier alpha value is -1.70. The number of aromatic nitrogens is 2. The average molecular weight is 295 g/mol. The van der Waals surface area contributed by atoms with E-state index in [0.29, 0.717) is 18.7 Å². The Morgan fingerprint density at radius 3 is 3.14 bits per heavy atom. The van der Waals surface area contributed by atoms with Crippen LogP contribution in [-0.4, -0.2) is 51.0 Å². The molecular weight excluding hydrogens is 274 g/mol. The topological polar surface area (TPSA) is 96.6 Å². The largest absolute Gasteiger partial charge is 0.394 e. The second-order valence-corrected chi connectivity index (χ2v) is 4.98. The van der Waals surface area contributed by atoms with Crippen LogP contribution in [0.3, 0.4) is 0 Å². The molecule has 116 valence electrons. The number of nitrogens with zero attached hydrogens (tertiary/aromatic N) is 2. The Morgan fingerprint density at radius 2 is 2.48 bits per heavy atom. The normalized spacial score (nSPS) is 25.6. The highest BCUT2D eigenvalue weighted by Crippen LogP contribution is 2.28. The Labute approximate surface area is 123 Å². The number of aliphatic hydroxyl groups is 2. The van der Waals surface area contributed by atoms with Crippen molar-refractivity contribution in [3.05, 3.63) is 24.3 Å². The summed E-state index contributed by atoms with van der Waals surface area (Å²) in [6, 6.07) is 0. The first kappa shape index (κ1) is 15.7. The van der Waals surface area contributed by atoms with Crippen molar-refractivity contribution in [1.29, 1.82) is 0 Å². The maximum atomic E-state index is 11.4. The number of aliphatic hydroxyl groups excluding tert-OH is 2. The number of amides is 1. The van der Waals surface area contributed by atoms with Gasteiger partial charge in [-0.15, -0.1) is 0 Å². The highest BCUT2D eigenvalue weighted by molar-refractivity contribution is 5.91. The molecule has 1 saturated heterocycles. The zero-order valence-corrected chi connectivity index (χ0v) is 12.0. The molecule has 0 unspecified atom stereocenters. The maximum Gasteiger partial charge on any atom is 0.244 e. The monoisotopic (exact) mass is 295 g/mol. The summed E-state index contributed by atoms with van der Waals surface area (Å²) in [6.45, 7) is 2.42. The van der Waals surface area contributed by atoms with Crippen LogP contribution in [0.25, 0.3) is 6.08 Å². The van der Waals surface area contributed by atoms with Crippen molar-refractivity contribution in [2.24, 2.45) is 0 Å². The highest BCUT2D eigenvalue weighted by Gasteiger charge is 2.34. The Kier molecular flexibility index (Phi) is 5.49. The predicted octanol–water partition coefficient (Wildman–Crippen LogP) is 0.0632. The lowest BCUT2D eigenvalue weighted by Gasteiger charge is -2.12. The predicted molar refractivity (Wildman–Crippen MR) is 76.2 cm³/mol. The quantitative estimate of drug-likeness (QED) is 0.645. The Balaban J connectivity index is 1.93. The summed E-state index contributed by atoms with van der Waals surface area (Å²) in [5.41, 5.74) is 0.632. The number of hydrogen-bond acceptors (Lipinski definition) is 5. The van der Waals surface area contributed by atoms with E-state index in [-0.39, 0.29) is 18.7 Å². The summed E-state index contributed by atoms with van der Waals surface area (Å²) in [6.07, 6.45) is 6.09. The van der Waals surface area contributed by atoms with E-state index in [1.165, 1.54) is 6.08 Å². The number of hydrogen-bond donors (Lipinski definition) is 3. The van der Waals surface area contributed by atoms with E-state index >= 15 is 0 Å². The second-order valence-electron chi connectivity index (χ2n) is 4.98. The maximum absolute atomic E-state index is 11.4. The van der Waals surface area contributed by atoms with Crippen molar-refractivity contribution in [3.63, 3.8) is 0 Å².